The van der Waals surface area contributed by atoms with Gasteiger partial charge in [0.1, 0.15) is 0 Å². The van der Waals surface area contributed by atoms with Gasteiger partial charge in [-0.25, -0.2) is 4.98 Å². The second-order valence-corrected chi connectivity index (χ2v) is 4.19. The summed E-state index contributed by atoms with van der Waals surface area (Å²) in [6, 6.07) is 0.405. The summed E-state index contributed by atoms with van der Waals surface area (Å²) in [6.45, 7) is 4.65. The monoisotopic (exact) mass is 226 g/mol. The Morgan fingerprint density at radius 1 is 1.56 bits per heavy atom. The normalized spacial score (nSPS) is 13.1. The summed E-state index contributed by atoms with van der Waals surface area (Å²) in [5.41, 5.74) is 0. The third kappa shape index (κ3) is 3.83. The highest BCUT2D eigenvalue weighted by atomic mass is 16.5. The van der Waals surface area contributed by atoms with E-state index in [0.717, 1.165) is 19.0 Å². The molecule has 0 bridgehead atoms. The van der Waals surface area contributed by atoms with E-state index in [1.807, 2.05) is 12.4 Å². The first-order chi connectivity index (χ1) is 7.65. The standard InChI is InChI=1S/C11H22N4O/c1-10(9-14(2)3)15-7-5-12-11(15)13-6-8-16-4/h5,7,10H,6,8-9H2,1-4H3,(H,12,13). The number of hydrogen-bond donors (Lipinski definition) is 1. The van der Waals surface area contributed by atoms with Crippen molar-refractivity contribution in [3.8, 4) is 0 Å². The third-order valence-electron chi connectivity index (χ3n) is 2.36. The van der Waals surface area contributed by atoms with Gasteiger partial charge in [-0.1, -0.05) is 0 Å². The molecule has 0 amide bonds. The van der Waals surface area contributed by atoms with Crippen LogP contribution in [0, 0.1) is 0 Å². The van der Waals surface area contributed by atoms with Crippen LogP contribution in [-0.2, 0) is 4.74 Å². The zero-order valence-corrected chi connectivity index (χ0v) is 10.6. The molecule has 1 atom stereocenters. The number of ether oxygens (including phenoxy) is 1. The fraction of sp³-hybridized carbons (Fsp3) is 0.727. The molecule has 1 aromatic rings. The fourth-order valence-corrected chi connectivity index (χ4v) is 1.69. The average Bonchev–Trinajstić information content (AvgIpc) is 2.65. The fourth-order valence-electron chi connectivity index (χ4n) is 1.69. The molecular formula is C11H22N4O. The second kappa shape index (κ2) is 6.50. The van der Waals surface area contributed by atoms with Crippen molar-refractivity contribution in [2.24, 2.45) is 0 Å². The lowest BCUT2D eigenvalue weighted by Crippen LogP contribution is -2.23. The highest BCUT2D eigenvalue weighted by Crippen LogP contribution is 2.13. The smallest absolute Gasteiger partial charge is 0.203 e. The van der Waals surface area contributed by atoms with Crippen molar-refractivity contribution >= 4 is 5.95 Å². The largest absolute Gasteiger partial charge is 0.383 e. The molecule has 0 radical (unpaired) electrons. The van der Waals surface area contributed by atoms with Gasteiger partial charge in [-0.15, -0.1) is 0 Å². The number of anilines is 1. The van der Waals surface area contributed by atoms with Crippen molar-refractivity contribution in [1.29, 1.82) is 0 Å². The van der Waals surface area contributed by atoms with Crippen molar-refractivity contribution < 1.29 is 4.74 Å². The van der Waals surface area contributed by atoms with Crippen LogP contribution in [0.2, 0.25) is 0 Å². The van der Waals surface area contributed by atoms with E-state index in [2.05, 4.69) is 40.8 Å². The summed E-state index contributed by atoms with van der Waals surface area (Å²) in [6.07, 6.45) is 3.82. The van der Waals surface area contributed by atoms with Gasteiger partial charge in [-0.05, 0) is 21.0 Å². The zero-order valence-electron chi connectivity index (χ0n) is 10.6. The van der Waals surface area contributed by atoms with Crippen LogP contribution < -0.4 is 5.32 Å². The van der Waals surface area contributed by atoms with E-state index < -0.39 is 0 Å². The summed E-state index contributed by atoms with van der Waals surface area (Å²) in [5, 5.41) is 3.26. The van der Waals surface area contributed by atoms with Crippen molar-refractivity contribution in [2.75, 3.05) is 46.2 Å². The molecule has 0 saturated heterocycles. The second-order valence-electron chi connectivity index (χ2n) is 4.19. The Hall–Kier alpha value is -1.07. The first-order valence-corrected chi connectivity index (χ1v) is 5.55. The van der Waals surface area contributed by atoms with Crippen LogP contribution in [0.4, 0.5) is 5.95 Å². The van der Waals surface area contributed by atoms with E-state index in [1.165, 1.54) is 0 Å². The van der Waals surface area contributed by atoms with Crippen LogP contribution in [0.15, 0.2) is 12.4 Å². The van der Waals surface area contributed by atoms with E-state index in [0.29, 0.717) is 12.6 Å². The number of aromatic nitrogens is 2. The molecule has 0 aromatic carbocycles. The Labute approximate surface area is 97.4 Å². The highest BCUT2D eigenvalue weighted by molar-refractivity contribution is 5.26. The van der Waals surface area contributed by atoms with Gasteiger partial charge in [0, 0.05) is 38.6 Å². The Bertz CT molecular complexity index is 298. The summed E-state index contributed by atoms with van der Waals surface area (Å²) < 4.78 is 7.15. The number of rotatable bonds is 7. The van der Waals surface area contributed by atoms with Crippen LogP contribution in [0.5, 0.6) is 0 Å². The topological polar surface area (TPSA) is 42.3 Å². The van der Waals surface area contributed by atoms with Crippen LogP contribution in [0.1, 0.15) is 13.0 Å². The highest BCUT2D eigenvalue weighted by Gasteiger charge is 2.09. The molecule has 0 aliphatic rings. The third-order valence-corrected chi connectivity index (χ3v) is 2.36. The van der Waals surface area contributed by atoms with Gasteiger partial charge >= 0.3 is 0 Å². The van der Waals surface area contributed by atoms with Crippen LogP contribution >= 0.6 is 0 Å². The summed E-state index contributed by atoms with van der Waals surface area (Å²) in [5.74, 6) is 0.909. The van der Waals surface area contributed by atoms with Crippen molar-refractivity contribution in [3.63, 3.8) is 0 Å². The van der Waals surface area contributed by atoms with Gasteiger partial charge in [0.15, 0.2) is 0 Å². The molecule has 5 nitrogen and oxygen atoms in total. The predicted molar refractivity (Wildman–Crippen MR) is 65.9 cm³/mol. The van der Waals surface area contributed by atoms with E-state index in [-0.39, 0.29) is 0 Å². The molecule has 1 N–H and O–H groups in total. The molecule has 0 spiro atoms. The molecule has 0 saturated carbocycles. The first-order valence-electron chi connectivity index (χ1n) is 5.55. The number of likely N-dealkylation sites (N-methyl/N-ethyl adjacent to an activating group) is 1. The van der Waals surface area contributed by atoms with Gasteiger partial charge in [0.2, 0.25) is 5.95 Å². The summed E-state index contributed by atoms with van der Waals surface area (Å²) in [7, 11) is 5.85. The number of hydrogen-bond acceptors (Lipinski definition) is 4. The molecule has 1 heterocycles. The molecule has 5 heteroatoms. The molecule has 0 fully saturated rings. The van der Waals surface area contributed by atoms with Crippen LogP contribution in [0.25, 0.3) is 0 Å². The van der Waals surface area contributed by atoms with Gasteiger partial charge in [0.25, 0.3) is 0 Å². The Balaban J connectivity index is 2.55. The summed E-state index contributed by atoms with van der Waals surface area (Å²) >= 11 is 0. The SMILES string of the molecule is COCCNc1nccn1C(C)CN(C)C. The molecule has 1 rings (SSSR count). The molecule has 0 aliphatic heterocycles. The van der Waals surface area contributed by atoms with Crippen molar-refractivity contribution in [2.45, 2.75) is 13.0 Å². The van der Waals surface area contributed by atoms with Crippen molar-refractivity contribution in [3.05, 3.63) is 12.4 Å². The molecule has 0 aliphatic carbocycles. The van der Waals surface area contributed by atoms with E-state index in [9.17, 15) is 0 Å². The van der Waals surface area contributed by atoms with E-state index in [1.54, 1.807) is 7.11 Å². The maximum absolute atomic E-state index is 5.00. The van der Waals surface area contributed by atoms with Gasteiger partial charge < -0.3 is 19.5 Å². The van der Waals surface area contributed by atoms with E-state index >= 15 is 0 Å². The summed E-state index contributed by atoms with van der Waals surface area (Å²) in [4.78, 5) is 6.46. The lowest BCUT2D eigenvalue weighted by Gasteiger charge is -2.20. The minimum Gasteiger partial charge on any atom is -0.383 e. The van der Waals surface area contributed by atoms with E-state index in [4.69, 9.17) is 4.74 Å². The van der Waals surface area contributed by atoms with Gasteiger partial charge in [0.05, 0.1) is 6.61 Å². The molecule has 1 unspecified atom stereocenters. The number of methoxy groups -OCH3 is 1. The predicted octanol–water partition coefficient (Wildman–Crippen LogP) is 1.06. The Kier molecular flexibility index (Phi) is 5.28. The van der Waals surface area contributed by atoms with Crippen molar-refractivity contribution in [1.82, 2.24) is 14.5 Å². The lowest BCUT2D eigenvalue weighted by molar-refractivity contribution is 0.210. The molecular weight excluding hydrogens is 204 g/mol. The van der Waals surface area contributed by atoms with Gasteiger partial charge in [-0.2, -0.15) is 0 Å². The minimum atomic E-state index is 0.405. The Morgan fingerprint density at radius 2 is 2.31 bits per heavy atom. The van der Waals surface area contributed by atoms with Gasteiger partial charge in [-0.3, -0.25) is 0 Å². The quantitative estimate of drug-likeness (QED) is 0.706. The first kappa shape index (κ1) is 13.0. The molecule has 16 heavy (non-hydrogen) atoms. The lowest BCUT2D eigenvalue weighted by atomic mass is 10.3. The Morgan fingerprint density at radius 3 is 2.94 bits per heavy atom. The van der Waals surface area contributed by atoms with Crippen LogP contribution in [-0.4, -0.2) is 55.4 Å². The molecule has 92 valence electrons. The maximum Gasteiger partial charge on any atom is 0.203 e. The zero-order chi connectivity index (χ0) is 12.0. The number of imidazole rings is 1. The minimum absolute atomic E-state index is 0.405. The maximum atomic E-state index is 5.00. The average molecular weight is 226 g/mol. The number of nitrogens with one attached hydrogen (secondary N) is 1. The number of nitrogens with zero attached hydrogens (tertiary/aromatic N) is 3. The van der Waals surface area contributed by atoms with Crippen LogP contribution in [0.3, 0.4) is 0 Å². The molecule has 1 aromatic heterocycles.